The predicted molar refractivity (Wildman–Crippen MR) is 215 cm³/mol. The maximum Gasteiger partial charge on any atom is 0.238 e. The van der Waals surface area contributed by atoms with Gasteiger partial charge in [-0.2, -0.15) is 9.97 Å². The van der Waals surface area contributed by atoms with Crippen LogP contribution in [0.5, 0.6) is 0 Å². The van der Waals surface area contributed by atoms with E-state index in [2.05, 4.69) is 152 Å². The van der Waals surface area contributed by atoms with Crippen LogP contribution in [-0.2, 0) is 5.41 Å². The van der Waals surface area contributed by atoms with E-state index < -0.39 is 0 Å². The van der Waals surface area contributed by atoms with Gasteiger partial charge in [0.2, 0.25) is 5.95 Å². The minimum atomic E-state index is -0.182. The molecule has 1 aliphatic rings. The van der Waals surface area contributed by atoms with Gasteiger partial charge in [-0.3, -0.25) is 4.57 Å². The van der Waals surface area contributed by atoms with Crippen LogP contribution in [0, 0.1) is 0 Å². The SMILES string of the molecule is CC1(C)c2ccccc2-c2ccc3c(c21)c1ccccc1n3-c1nc(-c2ccc(-c3ccccc3)cc2)nc(-c2ccc3c(c2)oc2ccccc23)n1. The summed E-state index contributed by atoms with van der Waals surface area (Å²) in [5.74, 6) is 1.76. The van der Waals surface area contributed by atoms with Crippen molar-refractivity contribution in [1.82, 2.24) is 19.5 Å². The molecule has 1 aliphatic carbocycles. The van der Waals surface area contributed by atoms with Crippen molar-refractivity contribution >= 4 is 43.7 Å². The molecule has 0 N–H and O–H groups in total. The van der Waals surface area contributed by atoms with E-state index in [4.69, 9.17) is 19.4 Å². The lowest BCUT2D eigenvalue weighted by Gasteiger charge is -2.22. The van der Waals surface area contributed by atoms with Crippen LogP contribution < -0.4 is 0 Å². The molecule has 0 aliphatic heterocycles. The maximum absolute atomic E-state index is 6.31. The number of hydrogen-bond donors (Lipinski definition) is 0. The summed E-state index contributed by atoms with van der Waals surface area (Å²) >= 11 is 0. The lowest BCUT2D eigenvalue weighted by Crippen LogP contribution is -2.15. The Morgan fingerprint density at radius 1 is 0.472 bits per heavy atom. The molecule has 0 radical (unpaired) electrons. The summed E-state index contributed by atoms with van der Waals surface area (Å²) in [7, 11) is 0. The fourth-order valence-electron chi connectivity index (χ4n) is 8.58. The van der Waals surface area contributed by atoms with Crippen molar-refractivity contribution in [2.45, 2.75) is 19.3 Å². The van der Waals surface area contributed by atoms with Gasteiger partial charge in [-0.25, -0.2) is 4.98 Å². The topological polar surface area (TPSA) is 56.7 Å². The van der Waals surface area contributed by atoms with Crippen LogP contribution in [0.2, 0.25) is 0 Å². The van der Waals surface area contributed by atoms with Crippen LogP contribution in [0.25, 0.3) is 94.7 Å². The monoisotopic (exact) mass is 680 g/mol. The average molecular weight is 681 g/mol. The van der Waals surface area contributed by atoms with Crippen molar-refractivity contribution in [2.24, 2.45) is 0 Å². The highest BCUT2D eigenvalue weighted by Gasteiger charge is 2.38. The highest BCUT2D eigenvalue weighted by atomic mass is 16.3. The third-order valence-corrected chi connectivity index (χ3v) is 11.1. The Kier molecular flexibility index (Phi) is 6.23. The van der Waals surface area contributed by atoms with Crippen LogP contribution in [0.15, 0.2) is 162 Å². The van der Waals surface area contributed by atoms with E-state index in [1.807, 2.05) is 24.3 Å². The minimum Gasteiger partial charge on any atom is -0.456 e. The molecule has 3 heterocycles. The lowest BCUT2D eigenvalue weighted by molar-refractivity contribution is 0.666. The van der Waals surface area contributed by atoms with Crippen LogP contribution in [0.1, 0.15) is 25.0 Å². The molecule has 0 saturated heterocycles. The second-order valence-corrected chi connectivity index (χ2v) is 14.4. The number of para-hydroxylation sites is 2. The fourth-order valence-corrected chi connectivity index (χ4v) is 8.58. The second kappa shape index (κ2) is 11.1. The molecule has 0 bridgehead atoms. The average Bonchev–Trinajstić information content (AvgIpc) is 3.83. The molecule has 0 amide bonds. The number of benzene rings is 7. The first-order chi connectivity index (χ1) is 26.0. The van der Waals surface area contributed by atoms with Crippen molar-refractivity contribution < 1.29 is 4.42 Å². The minimum absolute atomic E-state index is 0.182. The molecular formula is C48H32N4O. The van der Waals surface area contributed by atoms with Crippen molar-refractivity contribution in [1.29, 1.82) is 0 Å². The summed E-state index contributed by atoms with van der Waals surface area (Å²) in [6.07, 6.45) is 0. The smallest absolute Gasteiger partial charge is 0.238 e. The normalized spacial score (nSPS) is 13.2. The molecule has 0 unspecified atom stereocenters. The number of aromatic nitrogens is 4. The van der Waals surface area contributed by atoms with Gasteiger partial charge in [0, 0.05) is 38.1 Å². The van der Waals surface area contributed by atoms with Crippen molar-refractivity contribution in [2.75, 3.05) is 0 Å². The van der Waals surface area contributed by atoms with Gasteiger partial charge in [0.1, 0.15) is 11.2 Å². The summed E-state index contributed by atoms with van der Waals surface area (Å²) in [5.41, 5.74) is 13.0. The van der Waals surface area contributed by atoms with Gasteiger partial charge >= 0.3 is 0 Å². The van der Waals surface area contributed by atoms with E-state index in [1.54, 1.807) is 0 Å². The number of rotatable bonds is 4. The Labute approximate surface area is 305 Å². The molecular weight excluding hydrogens is 649 g/mol. The molecule has 53 heavy (non-hydrogen) atoms. The van der Waals surface area contributed by atoms with Gasteiger partial charge in [0.15, 0.2) is 11.6 Å². The molecule has 3 aromatic heterocycles. The first kappa shape index (κ1) is 29.8. The molecule has 0 saturated carbocycles. The van der Waals surface area contributed by atoms with Crippen LogP contribution in [0.3, 0.4) is 0 Å². The molecule has 5 nitrogen and oxygen atoms in total. The molecule has 0 atom stereocenters. The summed E-state index contributed by atoms with van der Waals surface area (Å²) in [6, 6.07) is 55.2. The molecule has 10 aromatic rings. The van der Waals surface area contributed by atoms with Crippen LogP contribution in [0.4, 0.5) is 0 Å². The quantitative estimate of drug-likeness (QED) is 0.186. The largest absolute Gasteiger partial charge is 0.456 e. The predicted octanol–water partition coefficient (Wildman–Crippen LogP) is 12.2. The Morgan fingerprint density at radius 2 is 1.11 bits per heavy atom. The number of furan rings is 1. The van der Waals surface area contributed by atoms with Crippen molar-refractivity contribution in [3.8, 4) is 51.0 Å². The summed E-state index contributed by atoms with van der Waals surface area (Å²) in [6.45, 7) is 4.69. The zero-order valence-corrected chi connectivity index (χ0v) is 29.2. The van der Waals surface area contributed by atoms with Gasteiger partial charge < -0.3 is 4.42 Å². The van der Waals surface area contributed by atoms with Gasteiger partial charge in [-0.15, -0.1) is 0 Å². The Balaban J connectivity index is 1.16. The summed E-state index contributed by atoms with van der Waals surface area (Å²) in [5, 5.41) is 4.57. The van der Waals surface area contributed by atoms with E-state index in [1.165, 1.54) is 33.0 Å². The molecule has 5 heteroatoms. The first-order valence-electron chi connectivity index (χ1n) is 18.0. The summed E-state index contributed by atoms with van der Waals surface area (Å²) < 4.78 is 8.53. The standard InChI is InChI=1S/C48H32N4O/c1-48(2)38-17-9-6-14-33(38)36-26-27-40-43(44(36)48)37-16-7-10-18-39(37)52(40)47-50-45(31-22-20-30(21-23-31)29-12-4-3-5-13-29)49-46(51-47)32-24-25-35-34-15-8-11-19-41(34)53-42(35)28-32/h3-28H,1-2H3. The zero-order valence-electron chi connectivity index (χ0n) is 29.2. The van der Waals surface area contributed by atoms with E-state index in [0.29, 0.717) is 17.6 Å². The van der Waals surface area contributed by atoms with Gasteiger partial charge in [-0.1, -0.05) is 141 Å². The first-order valence-corrected chi connectivity index (χ1v) is 18.0. The van der Waals surface area contributed by atoms with E-state index >= 15 is 0 Å². The molecule has 0 spiro atoms. The zero-order chi connectivity index (χ0) is 35.3. The van der Waals surface area contributed by atoms with Crippen LogP contribution >= 0.6 is 0 Å². The van der Waals surface area contributed by atoms with Crippen molar-refractivity contribution in [3.05, 3.63) is 169 Å². The van der Waals surface area contributed by atoms with E-state index in [9.17, 15) is 0 Å². The van der Waals surface area contributed by atoms with Gasteiger partial charge in [0.05, 0.1) is 11.0 Å². The number of nitrogens with zero attached hydrogens (tertiary/aromatic N) is 4. The highest BCUT2D eigenvalue weighted by molar-refractivity contribution is 6.14. The highest BCUT2D eigenvalue weighted by Crippen LogP contribution is 2.53. The Bertz CT molecular complexity index is 3080. The molecule has 0 fully saturated rings. The lowest BCUT2D eigenvalue weighted by atomic mass is 9.80. The van der Waals surface area contributed by atoms with Crippen molar-refractivity contribution in [3.63, 3.8) is 0 Å². The second-order valence-electron chi connectivity index (χ2n) is 14.4. The third-order valence-electron chi connectivity index (χ3n) is 11.1. The Morgan fingerprint density at radius 3 is 1.96 bits per heavy atom. The third kappa shape index (κ3) is 4.40. The van der Waals surface area contributed by atoms with Gasteiger partial charge in [-0.05, 0) is 63.7 Å². The van der Waals surface area contributed by atoms with Gasteiger partial charge in [0.25, 0.3) is 0 Å². The maximum atomic E-state index is 6.31. The molecule has 11 rings (SSSR count). The fraction of sp³-hybridized carbons (Fsp3) is 0.0625. The van der Waals surface area contributed by atoms with E-state index in [-0.39, 0.29) is 5.41 Å². The summed E-state index contributed by atoms with van der Waals surface area (Å²) in [4.78, 5) is 15.7. The number of hydrogen-bond acceptors (Lipinski definition) is 4. The molecule has 7 aromatic carbocycles. The molecule has 250 valence electrons. The van der Waals surface area contributed by atoms with Crippen LogP contribution in [-0.4, -0.2) is 19.5 Å². The Hall–Kier alpha value is -6.85. The number of fused-ring (bicyclic) bond motifs is 10. The van der Waals surface area contributed by atoms with E-state index in [0.717, 1.165) is 55.2 Å².